The quantitative estimate of drug-likeness (QED) is 0.920. The zero-order chi connectivity index (χ0) is 14.8. The van der Waals surface area contributed by atoms with Crippen molar-refractivity contribution in [1.82, 2.24) is 4.90 Å². The number of likely N-dealkylation sites (tertiary alicyclic amines) is 1. The average molecular weight is 283 g/mol. The number of hydrogen-bond acceptors (Lipinski definition) is 2. The molecule has 1 saturated heterocycles. The number of piperidine rings is 1. The first-order chi connectivity index (χ1) is 10.1. The monoisotopic (exact) mass is 283 g/mol. The third-order valence-corrected chi connectivity index (χ3v) is 4.44. The van der Waals surface area contributed by atoms with Crippen molar-refractivity contribution in [3.05, 3.63) is 48.0 Å². The number of benzene rings is 2. The lowest BCUT2D eigenvalue weighted by molar-refractivity contribution is -0.134. The van der Waals surface area contributed by atoms with Crippen molar-refractivity contribution in [1.29, 1.82) is 0 Å². The standard InChI is InChI=1S/C18H21NO2/c1-13-8-9-19(12-17(13)20)18(21)11-14-6-7-15-4-2-3-5-16(15)10-14/h2-7,10,13,17,20H,8-9,11-12H2,1H3. The van der Waals surface area contributed by atoms with Crippen LogP contribution in [0.3, 0.4) is 0 Å². The van der Waals surface area contributed by atoms with Gasteiger partial charge in [-0.25, -0.2) is 0 Å². The number of hydrogen-bond donors (Lipinski definition) is 1. The molecule has 3 nitrogen and oxygen atoms in total. The molecular formula is C18H21NO2. The van der Waals surface area contributed by atoms with Gasteiger partial charge in [-0.3, -0.25) is 4.79 Å². The van der Waals surface area contributed by atoms with E-state index < -0.39 is 0 Å². The molecule has 2 aromatic rings. The highest BCUT2D eigenvalue weighted by Crippen LogP contribution is 2.19. The number of rotatable bonds is 2. The molecular weight excluding hydrogens is 262 g/mol. The molecule has 1 aliphatic rings. The Bertz CT molecular complexity index is 652. The predicted molar refractivity (Wildman–Crippen MR) is 84.0 cm³/mol. The highest BCUT2D eigenvalue weighted by Gasteiger charge is 2.27. The van der Waals surface area contributed by atoms with E-state index in [0.29, 0.717) is 13.0 Å². The summed E-state index contributed by atoms with van der Waals surface area (Å²) in [5.41, 5.74) is 1.03. The van der Waals surface area contributed by atoms with Gasteiger partial charge < -0.3 is 10.0 Å². The molecule has 1 aliphatic heterocycles. The predicted octanol–water partition coefficient (Wildman–Crippen LogP) is 2.61. The summed E-state index contributed by atoms with van der Waals surface area (Å²) in [6.07, 6.45) is 0.899. The van der Waals surface area contributed by atoms with Gasteiger partial charge in [0.15, 0.2) is 0 Å². The Labute approximate surface area is 125 Å². The van der Waals surface area contributed by atoms with Crippen molar-refractivity contribution >= 4 is 16.7 Å². The molecule has 3 rings (SSSR count). The Morgan fingerprint density at radius 2 is 2.00 bits per heavy atom. The number of nitrogens with zero attached hydrogens (tertiary/aromatic N) is 1. The number of aliphatic hydroxyl groups excluding tert-OH is 1. The molecule has 2 atom stereocenters. The molecule has 3 heteroatoms. The third-order valence-electron chi connectivity index (χ3n) is 4.44. The fourth-order valence-corrected chi connectivity index (χ4v) is 2.91. The first kappa shape index (κ1) is 14.1. The smallest absolute Gasteiger partial charge is 0.227 e. The van der Waals surface area contributed by atoms with Crippen LogP contribution < -0.4 is 0 Å². The van der Waals surface area contributed by atoms with E-state index in [4.69, 9.17) is 0 Å². The van der Waals surface area contributed by atoms with Crippen LogP contribution in [0, 0.1) is 5.92 Å². The number of fused-ring (bicyclic) bond motifs is 1. The van der Waals surface area contributed by atoms with Crippen LogP contribution in [-0.2, 0) is 11.2 Å². The van der Waals surface area contributed by atoms with Crippen LogP contribution in [-0.4, -0.2) is 35.1 Å². The maximum absolute atomic E-state index is 12.4. The summed E-state index contributed by atoms with van der Waals surface area (Å²) in [6, 6.07) is 14.3. The maximum Gasteiger partial charge on any atom is 0.227 e. The molecule has 0 radical (unpaired) electrons. The van der Waals surface area contributed by atoms with Crippen LogP contribution >= 0.6 is 0 Å². The lowest BCUT2D eigenvalue weighted by Crippen LogP contribution is -2.46. The molecule has 1 amide bonds. The fourth-order valence-electron chi connectivity index (χ4n) is 2.91. The first-order valence-corrected chi connectivity index (χ1v) is 7.57. The van der Waals surface area contributed by atoms with Gasteiger partial charge in [-0.1, -0.05) is 49.4 Å². The highest BCUT2D eigenvalue weighted by atomic mass is 16.3. The average Bonchev–Trinajstić information content (AvgIpc) is 2.50. The molecule has 110 valence electrons. The van der Waals surface area contributed by atoms with Crippen molar-refractivity contribution in [2.45, 2.75) is 25.9 Å². The molecule has 0 saturated carbocycles. The zero-order valence-corrected chi connectivity index (χ0v) is 12.3. The van der Waals surface area contributed by atoms with Gasteiger partial charge in [0, 0.05) is 13.1 Å². The van der Waals surface area contributed by atoms with Crippen LogP contribution in [0.1, 0.15) is 18.9 Å². The minimum Gasteiger partial charge on any atom is -0.391 e. The van der Waals surface area contributed by atoms with E-state index in [1.165, 1.54) is 5.39 Å². The van der Waals surface area contributed by atoms with Gasteiger partial charge in [0.2, 0.25) is 5.91 Å². The summed E-state index contributed by atoms with van der Waals surface area (Å²) in [5, 5.41) is 12.3. The van der Waals surface area contributed by atoms with Gasteiger partial charge >= 0.3 is 0 Å². The van der Waals surface area contributed by atoms with Crippen molar-refractivity contribution in [3.8, 4) is 0 Å². The second-order valence-corrected chi connectivity index (χ2v) is 6.03. The molecule has 0 aliphatic carbocycles. The number of carbonyl (C=O) groups excluding carboxylic acids is 1. The molecule has 2 unspecified atom stereocenters. The summed E-state index contributed by atoms with van der Waals surface area (Å²) in [4.78, 5) is 14.2. The van der Waals surface area contributed by atoms with Crippen LogP contribution in [0.25, 0.3) is 10.8 Å². The fraction of sp³-hybridized carbons (Fsp3) is 0.389. The normalized spacial score (nSPS) is 22.5. The van der Waals surface area contributed by atoms with E-state index in [1.807, 2.05) is 25.1 Å². The minimum atomic E-state index is -0.390. The van der Waals surface area contributed by atoms with Gasteiger partial charge in [0.25, 0.3) is 0 Å². The Kier molecular flexibility index (Phi) is 3.93. The Morgan fingerprint density at radius 1 is 1.24 bits per heavy atom. The molecule has 21 heavy (non-hydrogen) atoms. The van der Waals surface area contributed by atoms with Crippen molar-refractivity contribution < 1.29 is 9.90 Å². The van der Waals surface area contributed by atoms with Crippen molar-refractivity contribution in [3.63, 3.8) is 0 Å². The van der Waals surface area contributed by atoms with Crippen LogP contribution in [0.4, 0.5) is 0 Å². The largest absolute Gasteiger partial charge is 0.391 e. The second-order valence-electron chi connectivity index (χ2n) is 6.03. The lowest BCUT2D eigenvalue weighted by Gasteiger charge is -2.34. The Balaban J connectivity index is 1.71. The summed E-state index contributed by atoms with van der Waals surface area (Å²) in [7, 11) is 0. The van der Waals surface area contributed by atoms with Crippen molar-refractivity contribution in [2.75, 3.05) is 13.1 Å². The van der Waals surface area contributed by atoms with Gasteiger partial charge in [-0.05, 0) is 28.7 Å². The van der Waals surface area contributed by atoms with Crippen LogP contribution in [0.2, 0.25) is 0 Å². The Morgan fingerprint density at radius 3 is 2.76 bits per heavy atom. The summed E-state index contributed by atoms with van der Waals surface area (Å²) in [5.74, 6) is 0.394. The SMILES string of the molecule is CC1CCN(C(=O)Cc2ccc3ccccc3c2)CC1O. The zero-order valence-electron chi connectivity index (χ0n) is 12.3. The van der Waals surface area contributed by atoms with Gasteiger partial charge in [0.05, 0.1) is 12.5 Å². The van der Waals surface area contributed by atoms with Gasteiger partial charge in [-0.2, -0.15) is 0 Å². The lowest BCUT2D eigenvalue weighted by atomic mass is 9.95. The Hall–Kier alpha value is -1.87. The summed E-state index contributed by atoms with van der Waals surface area (Å²) < 4.78 is 0. The number of carbonyl (C=O) groups is 1. The third kappa shape index (κ3) is 3.08. The van der Waals surface area contributed by atoms with Crippen molar-refractivity contribution in [2.24, 2.45) is 5.92 Å². The number of β-amino-alcohol motifs (C(OH)–C–C–N with tert-alkyl or cyclic N) is 1. The molecule has 0 spiro atoms. The highest BCUT2D eigenvalue weighted by molar-refractivity contribution is 5.85. The topological polar surface area (TPSA) is 40.5 Å². The number of amides is 1. The van der Waals surface area contributed by atoms with Gasteiger partial charge in [-0.15, -0.1) is 0 Å². The van der Waals surface area contributed by atoms with Gasteiger partial charge in [0.1, 0.15) is 0 Å². The molecule has 1 fully saturated rings. The molecule has 1 heterocycles. The van der Waals surface area contributed by atoms with E-state index in [2.05, 4.69) is 24.3 Å². The second kappa shape index (κ2) is 5.86. The van der Waals surface area contributed by atoms with Crippen LogP contribution in [0.5, 0.6) is 0 Å². The van der Waals surface area contributed by atoms with E-state index in [9.17, 15) is 9.90 Å². The molecule has 0 bridgehead atoms. The first-order valence-electron chi connectivity index (χ1n) is 7.57. The van der Waals surface area contributed by atoms with E-state index >= 15 is 0 Å². The molecule has 1 N–H and O–H groups in total. The molecule has 2 aromatic carbocycles. The van der Waals surface area contributed by atoms with Crippen LogP contribution in [0.15, 0.2) is 42.5 Å². The summed E-state index contributed by atoms with van der Waals surface area (Å²) >= 11 is 0. The summed E-state index contributed by atoms with van der Waals surface area (Å²) in [6.45, 7) is 3.26. The molecule has 0 aromatic heterocycles. The maximum atomic E-state index is 12.4. The minimum absolute atomic E-state index is 0.108. The van der Waals surface area contributed by atoms with E-state index in [1.54, 1.807) is 4.90 Å². The van der Waals surface area contributed by atoms with E-state index in [0.717, 1.165) is 23.9 Å². The van der Waals surface area contributed by atoms with E-state index in [-0.39, 0.29) is 17.9 Å². The number of aliphatic hydroxyl groups is 1.